The van der Waals surface area contributed by atoms with Gasteiger partial charge in [0.25, 0.3) is 5.91 Å². The summed E-state index contributed by atoms with van der Waals surface area (Å²) < 4.78 is 17.8. The van der Waals surface area contributed by atoms with Crippen LogP contribution in [0.15, 0.2) is 52.2 Å². The molecule has 3 heterocycles. The molecule has 0 N–H and O–H groups in total. The van der Waals surface area contributed by atoms with E-state index in [1.165, 1.54) is 5.01 Å². The molecular formula is C25H28N4O5. The summed E-state index contributed by atoms with van der Waals surface area (Å²) >= 11 is 0. The number of hydrogen-bond acceptors (Lipinski definition) is 7. The summed E-state index contributed by atoms with van der Waals surface area (Å²) in [5.41, 5.74) is 4.55. The van der Waals surface area contributed by atoms with Crippen LogP contribution >= 0.6 is 0 Å². The van der Waals surface area contributed by atoms with Gasteiger partial charge in [0.1, 0.15) is 17.6 Å². The number of hydrogen-bond donors (Lipinski definition) is 0. The van der Waals surface area contributed by atoms with Crippen molar-refractivity contribution < 1.29 is 23.5 Å². The molecule has 0 aliphatic carbocycles. The molecule has 1 aromatic carbocycles. The molecule has 4 rings (SSSR count). The van der Waals surface area contributed by atoms with Gasteiger partial charge in [-0.1, -0.05) is 0 Å². The highest BCUT2D eigenvalue weighted by atomic mass is 16.5. The molecule has 0 fully saturated rings. The number of amides is 1. The van der Waals surface area contributed by atoms with Gasteiger partial charge in [-0.05, 0) is 67.8 Å². The fourth-order valence-electron chi connectivity index (χ4n) is 4.09. The number of carbonyl (C=O) groups is 2. The van der Waals surface area contributed by atoms with Crippen molar-refractivity contribution in [1.82, 2.24) is 14.8 Å². The third-order valence-electron chi connectivity index (χ3n) is 6.06. The van der Waals surface area contributed by atoms with Crippen molar-refractivity contribution in [2.75, 3.05) is 13.7 Å². The maximum absolute atomic E-state index is 13.0. The first-order valence-electron chi connectivity index (χ1n) is 11.1. The fourth-order valence-corrected chi connectivity index (χ4v) is 4.09. The average Bonchev–Trinajstić information content (AvgIpc) is 3.57. The summed E-state index contributed by atoms with van der Waals surface area (Å²) in [6, 6.07) is 10.7. The lowest BCUT2D eigenvalue weighted by Crippen LogP contribution is -2.31. The number of benzene rings is 1. The minimum absolute atomic E-state index is 0.169. The first kappa shape index (κ1) is 23.3. The lowest BCUT2D eigenvalue weighted by molar-refractivity contribution is -0.152. The number of nitrogens with zero attached hydrogens (tertiary/aromatic N) is 4. The molecule has 1 aliphatic rings. The molecular weight excluding hydrogens is 436 g/mol. The van der Waals surface area contributed by atoms with Crippen LogP contribution in [-0.4, -0.2) is 46.1 Å². The molecule has 1 unspecified atom stereocenters. The maximum atomic E-state index is 13.0. The minimum atomic E-state index is -0.441. The molecule has 9 nitrogen and oxygen atoms in total. The summed E-state index contributed by atoms with van der Waals surface area (Å²) in [5, 5.41) is 10.3. The van der Waals surface area contributed by atoms with Crippen LogP contribution in [0, 0.1) is 13.8 Å². The van der Waals surface area contributed by atoms with E-state index in [2.05, 4.69) is 10.2 Å². The Balaban J connectivity index is 1.41. The molecule has 0 saturated carbocycles. The number of esters is 1. The number of hydrazone groups is 1. The summed E-state index contributed by atoms with van der Waals surface area (Å²) in [5.74, 6) is 0.507. The van der Waals surface area contributed by atoms with Crippen molar-refractivity contribution in [1.29, 1.82) is 0 Å². The van der Waals surface area contributed by atoms with Gasteiger partial charge in [-0.25, -0.2) is 5.01 Å². The molecule has 178 valence electrons. The van der Waals surface area contributed by atoms with E-state index in [9.17, 15) is 9.59 Å². The normalized spacial score (nSPS) is 15.4. The summed E-state index contributed by atoms with van der Waals surface area (Å²) in [6.45, 7) is 3.49. The van der Waals surface area contributed by atoms with E-state index in [0.717, 1.165) is 34.0 Å². The molecule has 9 heteroatoms. The van der Waals surface area contributed by atoms with Gasteiger partial charge in [0, 0.05) is 25.6 Å². The summed E-state index contributed by atoms with van der Waals surface area (Å²) in [6.07, 6.45) is 2.73. The second kappa shape index (κ2) is 9.94. The van der Waals surface area contributed by atoms with E-state index < -0.39 is 17.9 Å². The average molecular weight is 465 g/mol. The van der Waals surface area contributed by atoms with Crippen LogP contribution < -0.4 is 4.74 Å². The number of carbonyl (C=O) groups excluding carboxylic acids is 2. The van der Waals surface area contributed by atoms with Gasteiger partial charge in [-0.3, -0.25) is 14.3 Å². The standard InChI is InChI=1S/C25H28N4O5/c1-16-20(17(2)28(3)26-16)11-12-25(31)34-15-24(30)29-22(23-6-5-13-33-23)14-21(27-29)18-7-9-19(32-4)10-8-18/h5-10,13,22H,11-12,14-15H2,1-4H3. The highest BCUT2D eigenvalue weighted by molar-refractivity contribution is 6.03. The zero-order valence-corrected chi connectivity index (χ0v) is 19.8. The van der Waals surface area contributed by atoms with Crippen LogP contribution in [0.5, 0.6) is 5.75 Å². The molecule has 1 amide bonds. The SMILES string of the molecule is COc1ccc(C2=NN(C(=O)COC(=O)CCc3c(C)nn(C)c3C)C(c3ccco3)C2)cc1. The van der Waals surface area contributed by atoms with Crippen LogP contribution in [0.25, 0.3) is 0 Å². The fraction of sp³-hybridized carbons (Fsp3) is 0.360. The first-order chi connectivity index (χ1) is 16.4. The van der Waals surface area contributed by atoms with Crippen molar-refractivity contribution in [3.63, 3.8) is 0 Å². The smallest absolute Gasteiger partial charge is 0.306 e. The first-order valence-corrected chi connectivity index (χ1v) is 11.1. The summed E-state index contributed by atoms with van der Waals surface area (Å²) in [7, 11) is 3.48. The Kier molecular flexibility index (Phi) is 6.81. The molecule has 1 aliphatic heterocycles. The highest BCUT2D eigenvalue weighted by Gasteiger charge is 2.35. The number of aromatic nitrogens is 2. The maximum Gasteiger partial charge on any atom is 0.306 e. The third-order valence-corrected chi connectivity index (χ3v) is 6.06. The number of furan rings is 1. The Bertz CT molecular complexity index is 1190. The van der Waals surface area contributed by atoms with Crippen molar-refractivity contribution in [2.24, 2.45) is 12.1 Å². The second-order valence-electron chi connectivity index (χ2n) is 8.18. The van der Waals surface area contributed by atoms with E-state index in [1.54, 1.807) is 24.1 Å². The number of rotatable bonds is 8. The van der Waals surface area contributed by atoms with Crippen LogP contribution in [-0.2, 0) is 27.8 Å². The topological polar surface area (TPSA) is 99.2 Å². The van der Waals surface area contributed by atoms with Crippen molar-refractivity contribution in [3.8, 4) is 5.75 Å². The Hall–Kier alpha value is -3.88. The lowest BCUT2D eigenvalue weighted by atomic mass is 10.0. The Labute approximate surface area is 197 Å². The lowest BCUT2D eigenvalue weighted by Gasteiger charge is -2.19. The van der Waals surface area contributed by atoms with Crippen LogP contribution in [0.2, 0.25) is 0 Å². The van der Waals surface area contributed by atoms with Gasteiger partial charge in [-0.15, -0.1) is 0 Å². The molecule has 1 atom stereocenters. The zero-order valence-electron chi connectivity index (χ0n) is 19.8. The molecule has 0 saturated heterocycles. The molecule has 0 radical (unpaired) electrons. The number of ether oxygens (including phenoxy) is 2. The van der Waals surface area contributed by atoms with Gasteiger partial charge in [0.05, 0.1) is 24.8 Å². The zero-order chi connectivity index (χ0) is 24.2. The Morgan fingerprint density at radius 1 is 1.18 bits per heavy atom. The Morgan fingerprint density at radius 2 is 1.94 bits per heavy atom. The summed E-state index contributed by atoms with van der Waals surface area (Å²) in [4.78, 5) is 25.3. The highest BCUT2D eigenvalue weighted by Crippen LogP contribution is 2.33. The van der Waals surface area contributed by atoms with Gasteiger partial charge < -0.3 is 13.9 Å². The quantitative estimate of drug-likeness (QED) is 0.473. The number of aryl methyl sites for hydroxylation is 2. The number of methoxy groups -OCH3 is 1. The van der Waals surface area contributed by atoms with Gasteiger partial charge >= 0.3 is 5.97 Å². The van der Waals surface area contributed by atoms with Crippen molar-refractivity contribution in [3.05, 3.63) is 70.9 Å². The second-order valence-corrected chi connectivity index (χ2v) is 8.18. The van der Waals surface area contributed by atoms with Gasteiger partial charge in [0.15, 0.2) is 6.61 Å². The molecule has 34 heavy (non-hydrogen) atoms. The monoisotopic (exact) mass is 464 g/mol. The largest absolute Gasteiger partial charge is 0.497 e. The van der Waals surface area contributed by atoms with Crippen LogP contribution in [0.4, 0.5) is 0 Å². The molecule has 0 bridgehead atoms. The predicted octanol–water partition coefficient (Wildman–Crippen LogP) is 3.49. The Morgan fingerprint density at radius 3 is 2.56 bits per heavy atom. The molecule has 3 aromatic rings. The van der Waals surface area contributed by atoms with Crippen molar-refractivity contribution in [2.45, 2.75) is 39.2 Å². The third kappa shape index (κ3) is 4.88. The molecule has 0 spiro atoms. The van der Waals surface area contributed by atoms with E-state index in [-0.39, 0.29) is 13.0 Å². The van der Waals surface area contributed by atoms with Gasteiger partial charge in [0.2, 0.25) is 0 Å². The van der Waals surface area contributed by atoms with E-state index in [1.807, 2.05) is 51.2 Å². The van der Waals surface area contributed by atoms with Gasteiger partial charge in [-0.2, -0.15) is 10.2 Å². The van der Waals surface area contributed by atoms with Crippen molar-refractivity contribution >= 4 is 17.6 Å². The van der Waals surface area contributed by atoms with E-state index in [0.29, 0.717) is 18.6 Å². The minimum Gasteiger partial charge on any atom is -0.497 e. The van der Waals surface area contributed by atoms with E-state index in [4.69, 9.17) is 13.9 Å². The molecule has 2 aromatic heterocycles. The van der Waals surface area contributed by atoms with E-state index >= 15 is 0 Å². The van der Waals surface area contributed by atoms with Crippen LogP contribution in [0.3, 0.4) is 0 Å². The predicted molar refractivity (Wildman–Crippen MR) is 124 cm³/mol. The van der Waals surface area contributed by atoms with Crippen LogP contribution in [0.1, 0.15) is 47.2 Å².